The molecule has 7 nitrogen and oxygen atoms in total. The summed E-state index contributed by atoms with van der Waals surface area (Å²) in [7, 11) is 1.68. The number of carbonyl (C=O) groups excluding carboxylic acids is 1. The van der Waals surface area contributed by atoms with Gasteiger partial charge in [-0.05, 0) is 30.3 Å². The zero-order valence-corrected chi connectivity index (χ0v) is 16.1. The van der Waals surface area contributed by atoms with Gasteiger partial charge in [0.2, 0.25) is 5.91 Å². The Balaban J connectivity index is 1.46. The van der Waals surface area contributed by atoms with E-state index in [1.807, 2.05) is 36.5 Å². The van der Waals surface area contributed by atoms with E-state index in [2.05, 4.69) is 19.9 Å². The summed E-state index contributed by atoms with van der Waals surface area (Å²) >= 11 is 0. The van der Waals surface area contributed by atoms with Crippen molar-refractivity contribution in [1.82, 2.24) is 14.5 Å². The van der Waals surface area contributed by atoms with Crippen LogP contribution < -0.4 is 10.9 Å². The maximum atomic E-state index is 12.5. The van der Waals surface area contributed by atoms with Gasteiger partial charge in [-0.2, -0.15) is 0 Å². The minimum atomic E-state index is -0.187. The number of nitrogens with one attached hydrogen (secondary N) is 2. The van der Waals surface area contributed by atoms with E-state index in [-0.39, 0.29) is 17.9 Å². The van der Waals surface area contributed by atoms with Crippen LogP contribution in [0, 0.1) is 0 Å². The zero-order valence-electron chi connectivity index (χ0n) is 16.1. The number of anilines is 1. The monoisotopic (exact) mass is 390 g/mol. The number of hydrogen-bond donors (Lipinski definition) is 2. The van der Waals surface area contributed by atoms with Gasteiger partial charge in [0, 0.05) is 38.1 Å². The standard InChI is InChI=1S/C22H22N4O3/c1-29-14-13-26-12-11-15-17(7-4-8-19(15)26)24-21(27)10-9-20-23-18-6-3-2-5-16(18)22(28)25-20/h2-8,11-12H,9-10,13-14H2,1H3,(H,24,27)(H,23,25,28). The van der Waals surface area contributed by atoms with Crippen LogP contribution in [0.5, 0.6) is 0 Å². The first-order valence-corrected chi connectivity index (χ1v) is 9.50. The molecule has 0 aliphatic heterocycles. The Kier molecular flexibility index (Phi) is 5.39. The highest BCUT2D eigenvalue weighted by Crippen LogP contribution is 2.24. The lowest BCUT2D eigenvalue weighted by atomic mass is 10.2. The number of aryl methyl sites for hydroxylation is 1. The van der Waals surface area contributed by atoms with Gasteiger partial charge >= 0.3 is 0 Å². The first-order valence-electron chi connectivity index (χ1n) is 9.50. The molecular formula is C22H22N4O3. The van der Waals surface area contributed by atoms with Crippen LogP contribution in [0.3, 0.4) is 0 Å². The third kappa shape index (κ3) is 4.05. The minimum Gasteiger partial charge on any atom is -0.383 e. The van der Waals surface area contributed by atoms with Gasteiger partial charge in [0.15, 0.2) is 0 Å². The van der Waals surface area contributed by atoms with Crippen LogP contribution in [0.4, 0.5) is 5.69 Å². The minimum absolute atomic E-state index is 0.127. The van der Waals surface area contributed by atoms with E-state index in [9.17, 15) is 9.59 Å². The summed E-state index contributed by atoms with van der Waals surface area (Å²) in [5.41, 5.74) is 2.26. The Morgan fingerprint density at radius 2 is 2.00 bits per heavy atom. The van der Waals surface area contributed by atoms with Crippen molar-refractivity contribution < 1.29 is 9.53 Å². The predicted molar refractivity (Wildman–Crippen MR) is 113 cm³/mol. The fraction of sp³-hybridized carbons (Fsp3) is 0.227. The molecule has 0 bridgehead atoms. The number of amides is 1. The van der Waals surface area contributed by atoms with Crippen molar-refractivity contribution in [3.63, 3.8) is 0 Å². The normalized spacial score (nSPS) is 11.2. The molecule has 4 rings (SSSR count). The molecule has 0 saturated carbocycles. The van der Waals surface area contributed by atoms with Gasteiger partial charge in [-0.15, -0.1) is 0 Å². The number of methoxy groups -OCH3 is 1. The lowest BCUT2D eigenvalue weighted by Crippen LogP contribution is -2.16. The maximum absolute atomic E-state index is 12.5. The van der Waals surface area contributed by atoms with Crippen LogP contribution in [-0.4, -0.2) is 34.2 Å². The lowest BCUT2D eigenvalue weighted by molar-refractivity contribution is -0.116. The number of aromatic amines is 1. The topological polar surface area (TPSA) is 89.0 Å². The summed E-state index contributed by atoms with van der Waals surface area (Å²) in [5.74, 6) is 0.380. The van der Waals surface area contributed by atoms with Crippen LogP contribution in [0.15, 0.2) is 59.5 Å². The smallest absolute Gasteiger partial charge is 0.258 e. The van der Waals surface area contributed by atoms with Gasteiger partial charge < -0.3 is 19.6 Å². The fourth-order valence-electron chi connectivity index (χ4n) is 3.41. The average molecular weight is 390 g/mol. The van der Waals surface area contributed by atoms with Crippen LogP contribution in [0.1, 0.15) is 12.2 Å². The third-order valence-corrected chi connectivity index (χ3v) is 4.87. The van der Waals surface area contributed by atoms with Crippen molar-refractivity contribution in [2.45, 2.75) is 19.4 Å². The summed E-state index contributed by atoms with van der Waals surface area (Å²) in [6, 6.07) is 15.0. The van der Waals surface area contributed by atoms with E-state index < -0.39 is 0 Å². The SMILES string of the molecule is COCCn1ccc2c(NC(=O)CCc3nc4ccccc4c(=O)[nH]3)cccc21. The van der Waals surface area contributed by atoms with Crippen molar-refractivity contribution >= 4 is 33.4 Å². The molecule has 148 valence electrons. The molecule has 0 fully saturated rings. The number of para-hydroxylation sites is 1. The second kappa shape index (κ2) is 8.28. The second-order valence-electron chi connectivity index (χ2n) is 6.82. The molecule has 0 radical (unpaired) electrons. The number of hydrogen-bond acceptors (Lipinski definition) is 4. The van der Waals surface area contributed by atoms with Gasteiger partial charge in [0.05, 0.1) is 28.7 Å². The molecule has 1 amide bonds. The molecule has 29 heavy (non-hydrogen) atoms. The molecule has 0 saturated heterocycles. The van der Waals surface area contributed by atoms with Gasteiger partial charge in [0.1, 0.15) is 5.82 Å². The summed E-state index contributed by atoms with van der Waals surface area (Å²) < 4.78 is 7.24. The summed E-state index contributed by atoms with van der Waals surface area (Å²) in [4.78, 5) is 31.9. The number of aromatic nitrogens is 3. The average Bonchev–Trinajstić information content (AvgIpc) is 3.15. The zero-order chi connectivity index (χ0) is 20.2. The summed E-state index contributed by atoms with van der Waals surface area (Å²) in [6.45, 7) is 1.37. The van der Waals surface area contributed by atoms with Crippen LogP contribution >= 0.6 is 0 Å². The predicted octanol–water partition coefficient (Wildman–Crippen LogP) is 3.10. The quantitative estimate of drug-likeness (QED) is 0.507. The van der Waals surface area contributed by atoms with Gasteiger partial charge in [-0.1, -0.05) is 18.2 Å². The number of fused-ring (bicyclic) bond motifs is 2. The molecule has 2 aromatic heterocycles. The molecule has 0 spiro atoms. The number of rotatable bonds is 7. The highest BCUT2D eigenvalue weighted by atomic mass is 16.5. The highest BCUT2D eigenvalue weighted by Gasteiger charge is 2.10. The largest absolute Gasteiger partial charge is 0.383 e. The molecule has 2 aromatic carbocycles. The van der Waals surface area contributed by atoms with Gasteiger partial charge in [0.25, 0.3) is 5.56 Å². The third-order valence-electron chi connectivity index (χ3n) is 4.87. The Hall–Kier alpha value is -3.45. The molecule has 7 heteroatoms. The Bertz CT molecular complexity index is 1230. The van der Waals surface area contributed by atoms with Crippen LogP contribution in [-0.2, 0) is 22.5 Å². The first-order chi connectivity index (χ1) is 14.2. The van der Waals surface area contributed by atoms with Crippen molar-refractivity contribution in [2.24, 2.45) is 0 Å². The number of carbonyl (C=O) groups is 1. The maximum Gasteiger partial charge on any atom is 0.258 e. The number of nitrogens with zero attached hydrogens (tertiary/aromatic N) is 2. The molecule has 0 aliphatic rings. The highest BCUT2D eigenvalue weighted by molar-refractivity contribution is 6.01. The van der Waals surface area contributed by atoms with Gasteiger partial charge in [-0.25, -0.2) is 4.98 Å². The van der Waals surface area contributed by atoms with E-state index in [0.29, 0.717) is 29.8 Å². The molecule has 0 atom stereocenters. The summed E-state index contributed by atoms with van der Waals surface area (Å²) in [5, 5.41) is 4.50. The Morgan fingerprint density at radius 1 is 1.14 bits per heavy atom. The van der Waals surface area contributed by atoms with Crippen LogP contribution in [0.25, 0.3) is 21.8 Å². The number of benzene rings is 2. The Morgan fingerprint density at radius 3 is 2.86 bits per heavy atom. The molecule has 0 unspecified atom stereocenters. The first kappa shape index (κ1) is 18.9. The molecule has 2 heterocycles. The molecule has 0 aliphatic carbocycles. The summed E-state index contributed by atoms with van der Waals surface area (Å²) in [6.07, 6.45) is 2.57. The lowest BCUT2D eigenvalue weighted by Gasteiger charge is -2.09. The van der Waals surface area contributed by atoms with Gasteiger partial charge in [-0.3, -0.25) is 9.59 Å². The van der Waals surface area contributed by atoms with E-state index in [1.54, 1.807) is 25.3 Å². The van der Waals surface area contributed by atoms with E-state index in [4.69, 9.17) is 4.74 Å². The van der Waals surface area contributed by atoms with E-state index in [0.717, 1.165) is 23.1 Å². The van der Waals surface area contributed by atoms with Crippen LogP contribution in [0.2, 0.25) is 0 Å². The van der Waals surface area contributed by atoms with E-state index in [1.165, 1.54) is 0 Å². The Labute approximate surface area is 167 Å². The molecule has 2 N–H and O–H groups in total. The van der Waals surface area contributed by atoms with Crippen molar-refractivity contribution in [3.05, 3.63) is 70.9 Å². The second-order valence-corrected chi connectivity index (χ2v) is 6.82. The van der Waals surface area contributed by atoms with Crippen molar-refractivity contribution in [3.8, 4) is 0 Å². The van der Waals surface area contributed by atoms with Crippen molar-refractivity contribution in [1.29, 1.82) is 0 Å². The molecule has 4 aromatic rings. The van der Waals surface area contributed by atoms with Crippen molar-refractivity contribution in [2.75, 3.05) is 19.0 Å². The number of H-pyrrole nitrogens is 1. The fourth-order valence-corrected chi connectivity index (χ4v) is 3.41. The number of ether oxygens (including phenoxy) is 1. The molecular weight excluding hydrogens is 368 g/mol. The van der Waals surface area contributed by atoms with E-state index >= 15 is 0 Å².